The zero-order chi connectivity index (χ0) is 13.2. The lowest BCUT2D eigenvalue weighted by molar-refractivity contribution is -0.131. The Hall–Kier alpha value is -1.15. The van der Waals surface area contributed by atoms with Crippen LogP contribution in [0.4, 0.5) is 0 Å². The van der Waals surface area contributed by atoms with Gasteiger partial charge in [-0.1, -0.05) is 51.1 Å². The molecule has 1 unspecified atom stereocenters. The van der Waals surface area contributed by atoms with Gasteiger partial charge in [0.2, 0.25) is 0 Å². The number of likely N-dealkylation sites (tertiary alicyclic amines) is 1. The van der Waals surface area contributed by atoms with Crippen molar-refractivity contribution in [1.29, 1.82) is 0 Å². The highest BCUT2D eigenvalue weighted by Gasteiger charge is 2.36. The first kappa shape index (κ1) is 13.3. The van der Waals surface area contributed by atoms with E-state index in [1.165, 1.54) is 5.56 Å². The molecule has 0 radical (unpaired) electrons. The monoisotopic (exact) mass is 245 g/mol. The number of hydrogen-bond donors (Lipinski definition) is 0. The van der Waals surface area contributed by atoms with Crippen LogP contribution >= 0.6 is 0 Å². The summed E-state index contributed by atoms with van der Waals surface area (Å²) >= 11 is 0. The van der Waals surface area contributed by atoms with E-state index in [0.717, 1.165) is 25.9 Å². The Bertz CT molecular complexity index is 405. The molecule has 18 heavy (non-hydrogen) atoms. The van der Waals surface area contributed by atoms with Crippen LogP contribution in [0.3, 0.4) is 0 Å². The van der Waals surface area contributed by atoms with Gasteiger partial charge in [0, 0.05) is 12.0 Å². The first-order valence-electron chi connectivity index (χ1n) is 6.81. The highest BCUT2D eigenvalue weighted by molar-refractivity contribution is 5.88. The van der Waals surface area contributed by atoms with Crippen LogP contribution in [0.1, 0.15) is 39.2 Å². The molecule has 1 heterocycles. The summed E-state index contributed by atoms with van der Waals surface area (Å²) in [6.45, 7) is 8.01. The molecule has 98 valence electrons. The van der Waals surface area contributed by atoms with Crippen molar-refractivity contribution < 1.29 is 4.79 Å². The fourth-order valence-corrected chi connectivity index (χ4v) is 2.63. The highest BCUT2D eigenvalue weighted by atomic mass is 16.1. The van der Waals surface area contributed by atoms with E-state index in [1.54, 1.807) is 0 Å². The van der Waals surface area contributed by atoms with Gasteiger partial charge in [-0.2, -0.15) is 0 Å². The Morgan fingerprint density at radius 2 is 1.94 bits per heavy atom. The van der Waals surface area contributed by atoms with Gasteiger partial charge in [-0.05, 0) is 24.9 Å². The lowest BCUT2D eigenvalue weighted by Crippen LogP contribution is -2.41. The van der Waals surface area contributed by atoms with Crippen molar-refractivity contribution in [2.24, 2.45) is 5.41 Å². The van der Waals surface area contributed by atoms with Crippen LogP contribution in [-0.4, -0.2) is 23.3 Å². The summed E-state index contributed by atoms with van der Waals surface area (Å²) in [6, 6.07) is 10.5. The minimum Gasteiger partial charge on any atom is -0.297 e. The van der Waals surface area contributed by atoms with Crippen molar-refractivity contribution in [3.8, 4) is 0 Å². The van der Waals surface area contributed by atoms with Gasteiger partial charge in [0.1, 0.15) is 0 Å². The van der Waals surface area contributed by atoms with Crippen molar-refractivity contribution in [2.75, 3.05) is 6.54 Å². The van der Waals surface area contributed by atoms with E-state index in [2.05, 4.69) is 29.2 Å². The van der Waals surface area contributed by atoms with Crippen LogP contribution in [0, 0.1) is 5.41 Å². The van der Waals surface area contributed by atoms with Gasteiger partial charge < -0.3 is 0 Å². The SMILES string of the molecule is CC(C)(C)C(=O)C1CCCN1Cc1ccccc1. The molecule has 0 N–H and O–H groups in total. The summed E-state index contributed by atoms with van der Waals surface area (Å²) < 4.78 is 0. The average molecular weight is 245 g/mol. The van der Waals surface area contributed by atoms with Crippen molar-refractivity contribution in [2.45, 2.75) is 46.2 Å². The van der Waals surface area contributed by atoms with Gasteiger partial charge in [-0.25, -0.2) is 0 Å². The molecule has 1 aromatic carbocycles. The first-order chi connectivity index (χ1) is 8.48. The van der Waals surface area contributed by atoms with Gasteiger partial charge in [0.15, 0.2) is 5.78 Å². The number of benzene rings is 1. The molecule has 0 spiro atoms. The van der Waals surface area contributed by atoms with E-state index in [0.29, 0.717) is 5.78 Å². The topological polar surface area (TPSA) is 20.3 Å². The summed E-state index contributed by atoms with van der Waals surface area (Å²) in [7, 11) is 0. The highest BCUT2D eigenvalue weighted by Crippen LogP contribution is 2.27. The molecule has 0 amide bonds. The number of rotatable bonds is 3. The molecule has 2 nitrogen and oxygen atoms in total. The number of ketones is 1. The Morgan fingerprint density at radius 3 is 2.56 bits per heavy atom. The smallest absolute Gasteiger partial charge is 0.155 e. The molecule has 0 aliphatic carbocycles. The van der Waals surface area contributed by atoms with Crippen LogP contribution in [-0.2, 0) is 11.3 Å². The third-order valence-corrected chi connectivity index (χ3v) is 3.63. The van der Waals surface area contributed by atoms with Gasteiger partial charge in [0.25, 0.3) is 0 Å². The lowest BCUT2D eigenvalue weighted by Gasteiger charge is -2.29. The van der Waals surface area contributed by atoms with E-state index >= 15 is 0 Å². The lowest BCUT2D eigenvalue weighted by atomic mass is 9.85. The molecule has 0 aromatic heterocycles. The van der Waals surface area contributed by atoms with Crippen molar-refractivity contribution >= 4 is 5.78 Å². The summed E-state index contributed by atoms with van der Waals surface area (Å²) in [5.41, 5.74) is 1.07. The summed E-state index contributed by atoms with van der Waals surface area (Å²) in [4.78, 5) is 14.8. The molecule has 1 aromatic rings. The largest absolute Gasteiger partial charge is 0.297 e. The molecule has 1 aliphatic heterocycles. The van der Waals surface area contributed by atoms with Crippen molar-refractivity contribution in [3.63, 3.8) is 0 Å². The third kappa shape index (κ3) is 2.99. The summed E-state index contributed by atoms with van der Waals surface area (Å²) in [5, 5.41) is 0. The fourth-order valence-electron chi connectivity index (χ4n) is 2.63. The molecular formula is C16H23NO. The minimum absolute atomic E-state index is 0.116. The van der Waals surface area contributed by atoms with Crippen molar-refractivity contribution in [3.05, 3.63) is 35.9 Å². The second-order valence-electron chi connectivity index (χ2n) is 6.23. The molecule has 2 heteroatoms. The maximum atomic E-state index is 12.4. The minimum atomic E-state index is -0.232. The van der Waals surface area contributed by atoms with Gasteiger partial charge in [-0.3, -0.25) is 9.69 Å². The maximum absolute atomic E-state index is 12.4. The zero-order valence-corrected chi connectivity index (χ0v) is 11.6. The number of Topliss-reactive ketones (excluding diaryl/α,β-unsaturated/α-hetero) is 1. The predicted octanol–water partition coefficient (Wildman–Crippen LogP) is 3.27. The molecule has 1 fully saturated rings. The quantitative estimate of drug-likeness (QED) is 0.814. The summed E-state index contributed by atoms with van der Waals surface area (Å²) in [5.74, 6) is 0.385. The third-order valence-electron chi connectivity index (χ3n) is 3.63. The molecule has 2 rings (SSSR count). The Labute approximate surface area is 110 Å². The number of carbonyl (C=O) groups is 1. The number of nitrogens with zero attached hydrogens (tertiary/aromatic N) is 1. The standard InChI is InChI=1S/C16H23NO/c1-16(2,3)15(18)14-10-7-11-17(14)12-13-8-5-4-6-9-13/h4-6,8-9,14H,7,10-12H2,1-3H3. The van der Waals surface area contributed by atoms with E-state index in [1.807, 2.05) is 26.8 Å². The van der Waals surface area contributed by atoms with E-state index in [4.69, 9.17) is 0 Å². The second kappa shape index (κ2) is 5.23. The first-order valence-corrected chi connectivity index (χ1v) is 6.81. The Kier molecular flexibility index (Phi) is 3.86. The maximum Gasteiger partial charge on any atom is 0.155 e. The van der Waals surface area contributed by atoms with Crippen LogP contribution in [0.5, 0.6) is 0 Å². The second-order valence-corrected chi connectivity index (χ2v) is 6.23. The van der Waals surface area contributed by atoms with Gasteiger partial charge in [0.05, 0.1) is 6.04 Å². The molecular weight excluding hydrogens is 222 g/mol. The average Bonchev–Trinajstić information content (AvgIpc) is 2.76. The zero-order valence-electron chi connectivity index (χ0n) is 11.6. The van der Waals surface area contributed by atoms with E-state index in [-0.39, 0.29) is 11.5 Å². The van der Waals surface area contributed by atoms with Crippen LogP contribution < -0.4 is 0 Å². The number of hydrogen-bond acceptors (Lipinski definition) is 2. The van der Waals surface area contributed by atoms with Crippen LogP contribution in [0.2, 0.25) is 0 Å². The Morgan fingerprint density at radius 1 is 1.28 bits per heavy atom. The predicted molar refractivity (Wildman–Crippen MR) is 74.3 cm³/mol. The van der Waals surface area contributed by atoms with Gasteiger partial charge in [-0.15, -0.1) is 0 Å². The normalized spacial score (nSPS) is 21.2. The number of carbonyl (C=O) groups excluding carboxylic acids is 1. The van der Waals surface area contributed by atoms with Crippen molar-refractivity contribution in [1.82, 2.24) is 4.90 Å². The molecule has 1 saturated heterocycles. The molecule has 0 saturated carbocycles. The molecule has 1 aliphatic rings. The van der Waals surface area contributed by atoms with Gasteiger partial charge >= 0.3 is 0 Å². The molecule has 1 atom stereocenters. The van der Waals surface area contributed by atoms with E-state index < -0.39 is 0 Å². The summed E-state index contributed by atoms with van der Waals surface area (Å²) in [6.07, 6.45) is 2.16. The molecule has 0 bridgehead atoms. The fraction of sp³-hybridized carbons (Fsp3) is 0.562. The van der Waals surface area contributed by atoms with E-state index in [9.17, 15) is 4.79 Å². The Balaban J connectivity index is 2.07. The van der Waals surface area contributed by atoms with Crippen LogP contribution in [0.15, 0.2) is 30.3 Å². The van der Waals surface area contributed by atoms with Crippen LogP contribution in [0.25, 0.3) is 0 Å².